The van der Waals surface area contributed by atoms with E-state index in [1.54, 1.807) is 6.33 Å². The summed E-state index contributed by atoms with van der Waals surface area (Å²) < 4.78 is 5.20. The molecule has 3 N–H and O–H groups in total. The monoisotopic (exact) mass is 609 g/mol. The van der Waals surface area contributed by atoms with Gasteiger partial charge in [-0.25, -0.2) is 15.0 Å². The average molecular weight is 610 g/mol. The number of carbonyl (C=O) groups is 1. The van der Waals surface area contributed by atoms with Gasteiger partial charge >= 0.3 is 11.8 Å². The first-order valence-corrected chi connectivity index (χ1v) is 15.9. The molecule has 4 aromatic rings. The Balaban J connectivity index is 1.07. The van der Waals surface area contributed by atoms with E-state index in [0.717, 1.165) is 54.4 Å². The van der Waals surface area contributed by atoms with Crippen LogP contribution in [0.1, 0.15) is 87.1 Å². The van der Waals surface area contributed by atoms with E-state index in [1.807, 2.05) is 65.1 Å². The third kappa shape index (κ3) is 6.98. The van der Waals surface area contributed by atoms with Crippen LogP contribution in [0.4, 0.5) is 17.3 Å². The van der Waals surface area contributed by atoms with E-state index in [2.05, 4.69) is 58.1 Å². The van der Waals surface area contributed by atoms with Gasteiger partial charge in [-0.3, -0.25) is 4.79 Å². The molecule has 1 unspecified atom stereocenters. The van der Waals surface area contributed by atoms with Crippen LogP contribution in [0.25, 0.3) is 11.3 Å². The molecule has 1 amide bonds. The molecular formula is C34H43N9O2. The first-order chi connectivity index (χ1) is 21.6. The Morgan fingerprint density at radius 3 is 2.44 bits per heavy atom. The fourth-order valence-electron chi connectivity index (χ4n) is 6.34. The van der Waals surface area contributed by atoms with Gasteiger partial charge in [-0.2, -0.15) is 4.98 Å². The predicted octanol–water partition coefficient (Wildman–Crippen LogP) is 5.73. The first-order valence-electron chi connectivity index (χ1n) is 15.9. The number of aromatic nitrogens is 5. The fraction of sp³-hybridized carbons (Fsp3) is 0.471. The fourth-order valence-corrected chi connectivity index (χ4v) is 6.34. The Morgan fingerprint density at radius 2 is 1.78 bits per heavy atom. The van der Waals surface area contributed by atoms with Crippen LogP contribution in [0.5, 0.6) is 0 Å². The molecule has 2 aliphatic rings. The van der Waals surface area contributed by atoms with Crippen LogP contribution in [0.3, 0.4) is 0 Å². The minimum absolute atomic E-state index is 0.0387. The van der Waals surface area contributed by atoms with Gasteiger partial charge < -0.3 is 25.4 Å². The number of hydrogen-bond acceptors (Lipinski definition) is 10. The van der Waals surface area contributed by atoms with Gasteiger partial charge in [0.25, 0.3) is 0 Å². The van der Waals surface area contributed by atoms with Crippen molar-refractivity contribution in [3.63, 3.8) is 0 Å². The Kier molecular flexibility index (Phi) is 8.54. The van der Waals surface area contributed by atoms with Crippen LogP contribution in [-0.2, 0) is 5.41 Å². The van der Waals surface area contributed by atoms with Gasteiger partial charge in [0.05, 0.1) is 23.6 Å². The number of amides is 1. The summed E-state index contributed by atoms with van der Waals surface area (Å²) in [7, 11) is 0. The molecule has 1 spiro atoms. The van der Waals surface area contributed by atoms with Crippen molar-refractivity contribution >= 4 is 23.2 Å². The minimum atomic E-state index is -0.399. The van der Waals surface area contributed by atoms with Gasteiger partial charge in [0.15, 0.2) is 5.82 Å². The molecule has 0 bridgehead atoms. The highest BCUT2D eigenvalue weighted by Gasteiger charge is 2.35. The molecule has 11 nitrogen and oxygen atoms in total. The molecular weight excluding hydrogens is 566 g/mol. The van der Waals surface area contributed by atoms with Crippen LogP contribution in [0.15, 0.2) is 53.4 Å². The summed E-state index contributed by atoms with van der Waals surface area (Å²) in [6, 6.07) is 11.9. The lowest BCUT2D eigenvalue weighted by atomic mass is 9.71. The van der Waals surface area contributed by atoms with E-state index in [0.29, 0.717) is 17.1 Å². The zero-order chi connectivity index (χ0) is 31.6. The highest BCUT2D eigenvalue weighted by molar-refractivity contribution is 5.89. The average Bonchev–Trinajstić information content (AvgIpc) is 3.54. The lowest BCUT2D eigenvalue weighted by Crippen LogP contribution is -2.45. The number of nitrogens with zero attached hydrogens (tertiary/aromatic N) is 6. The highest BCUT2D eigenvalue weighted by atomic mass is 16.5. The van der Waals surface area contributed by atoms with Gasteiger partial charge in [-0.05, 0) is 87.4 Å². The molecule has 5 heterocycles. The first kappa shape index (κ1) is 30.6. The van der Waals surface area contributed by atoms with E-state index in [1.165, 1.54) is 31.4 Å². The van der Waals surface area contributed by atoms with Crippen molar-refractivity contribution in [1.82, 2.24) is 35.7 Å². The van der Waals surface area contributed by atoms with Gasteiger partial charge in [0.1, 0.15) is 18.0 Å². The number of aryl methyl sites for hydroxylation is 1. The molecule has 0 saturated carbocycles. The third-order valence-electron chi connectivity index (χ3n) is 9.20. The number of nitrogens with one attached hydrogen (secondary N) is 3. The Bertz CT molecular complexity index is 1630. The standard InChI is InChI=1S/C34H43N9O2/c1-22-18-24(6-8-26(22)23(2)39-30(44)31-41-32(42-45-31)33(3,4)5)27-19-29(38-21-37-27)40-28-9-7-25(20-36-28)43-16-12-34(13-17-43)10-14-35-15-11-34/h6-9,18-21,23,35H,10-17H2,1-5H3,(H,39,44)(H,36,37,38,40). The second kappa shape index (κ2) is 12.5. The molecule has 0 radical (unpaired) electrons. The molecule has 2 saturated heterocycles. The molecule has 2 fully saturated rings. The quantitative estimate of drug-likeness (QED) is 0.238. The maximum atomic E-state index is 12.8. The zero-order valence-electron chi connectivity index (χ0n) is 26.9. The molecule has 1 aromatic carbocycles. The van der Waals surface area contributed by atoms with Crippen LogP contribution >= 0.6 is 0 Å². The molecule has 2 aliphatic heterocycles. The number of anilines is 3. The maximum absolute atomic E-state index is 12.8. The van der Waals surface area contributed by atoms with E-state index in [-0.39, 0.29) is 17.3 Å². The number of hydrogen-bond donors (Lipinski definition) is 3. The second-order valence-electron chi connectivity index (χ2n) is 13.5. The predicted molar refractivity (Wildman–Crippen MR) is 175 cm³/mol. The Morgan fingerprint density at radius 1 is 1.00 bits per heavy atom. The zero-order valence-corrected chi connectivity index (χ0v) is 26.9. The van der Waals surface area contributed by atoms with Crippen molar-refractivity contribution in [2.75, 3.05) is 36.4 Å². The highest BCUT2D eigenvalue weighted by Crippen LogP contribution is 2.40. The largest absolute Gasteiger partial charge is 0.370 e. The summed E-state index contributed by atoms with van der Waals surface area (Å²) in [6.45, 7) is 14.3. The van der Waals surface area contributed by atoms with Crippen molar-refractivity contribution in [3.8, 4) is 11.3 Å². The van der Waals surface area contributed by atoms with Crippen molar-refractivity contribution in [2.24, 2.45) is 5.41 Å². The molecule has 6 rings (SSSR count). The summed E-state index contributed by atoms with van der Waals surface area (Å²) in [5.74, 6) is 1.46. The smallest absolute Gasteiger partial charge is 0.315 e. The third-order valence-corrected chi connectivity index (χ3v) is 9.20. The van der Waals surface area contributed by atoms with Crippen LogP contribution in [0.2, 0.25) is 0 Å². The number of pyridine rings is 1. The van der Waals surface area contributed by atoms with Gasteiger partial charge in [-0.15, -0.1) is 0 Å². The molecule has 3 aromatic heterocycles. The maximum Gasteiger partial charge on any atom is 0.315 e. The van der Waals surface area contributed by atoms with Crippen LogP contribution in [0, 0.1) is 12.3 Å². The molecule has 45 heavy (non-hydrogen) atoms. The van der Waals surface area contributed by atoms with E-state index in [4.69, 9.17) is 4.52 Å². The number of rotatable bonds is 7. The molecule has 0 aliphatic carbocycles. The summed E-state index contributed by atoms with van der Waals surface area (Å²) in [5, 5.41) is 13.7. The number of carbonyl (C=O) groups excluding carboxylic acids is 1. The summed E-state index contributed by atoms with van der Waals surface area (Å²) >= 11 is 0. The van der Waals surface area contributed by atoms with E-state index in [9.17, 15) is 4.79 Å². The van der Waals surface area contributed by atoms with Crippen molar-refractivity contribution < 1.29 is 9.32 Å². The minimum Gasteiger partial charge on any atom is -0.370 e. The molecule has 1 atom stereocenters. The van der Waals surface area contributed by atoms with Gasteiger partial charge in [-0.1, -0.05) is 38.1 Å². The Labute approximate surface area is 264 Å². The van der Waals surface area contributed by atoms with Crippen molar-refractivity contribution in [3.05, 3.63) is 71.8 Å². The summed E-state index contributed by atoms with van der Waals surface area (Å²) in [5.41, 5.74) is 5.14. The lowest BCUT2D eigenvalue weighted by Gasteiger charge is -2.45. The topological polar surface area (TPSA) is 134 Å². The summed E-state index contributed by atoms with van der Waals surface area (Å²) in [6.07, 6.45) is 8.61. The summed E-state index contributed by atoms with van der Waals surface area (Å²) in [4.78, 5) is 33.1. The van der Waals surface area contributed by atoms with E-state index >= 15 is 0 Å². The van der Waals surface area contributed by atoms with Crippen LogP contribution in [-0.4, -0.2) is 57.2 Å². The number of benzene rings is 1. The lowest BCUT2D eigenvalue weighted by molar-refractivity contribution is 0.0895. The van der Waals surface area contributed by atoms with Crippen molar-refractivity contribution in [2.45, 2.75) is 71.8 Å². The molecule has 11 heteroatoms. The van der Waals surface area contributed by atoms with Crippen LogP contribution < -0.4 is 20.9 Å². The molecule has 236 valence electrons. The van der Waals surface area contributed by atoms with Gasteiger partial charge in [0, 0.05) is 30.1 Å². The number of piperidine rings is 2. The normalized spacial score (nSPS) is 17.2. The Hall–Kier alpha value is -4.38. The van der Waals surface area contributed by atoms with Gasteiger partial charge in [0.2, 0.25) is 0 Å². The second-order valence-corrected chi connectivity index (χ2v) is 13.5. The SMILES string of the molecule is Cc1cc(-c2cc(Nc3ccc(N4CCC5(CCNCC5)CC4)cn3)ncn2)ccc1C(C)NC(=O)c1nc(C(C)(C)C)no1. The van der Waals surface area contributed by atoms with E-state index < -0.39 is 5.91 Å². The van der Waals surface area contributed by atoms with Crippen molar-refractivity contribution in [1.29, 1.82) is 0 Å².